The summed E-state index contributed by atoms with van der Waals surface area (Å²) in [5.41, 5.74) is 2.20. The van der Waals surface area contributed by atoms with E-state index in [0.29, 0.717) is 18.1 Å². The van der Waals surface area contributed by atoms with E-state index in [1.54, 1.807) is 9.42 Å². The minimum absolute atomic E-state index is 0.0263. The molecule has 0 radical (unpaired) electrons. The van der Waals surface area contributed by atoms with Crippen molar-refractivity contribution in [2.75, 3.05) is 4.90 Å². The molecular weight excluding hydrogens is 314 g/mol. The van der Waals surface area contributed by atoms with Crippen LogP contribution in [0, 0.1) is 19.3 Å². The van der Waals surface area contributed by atoms with Crippen LogP contribution in [0.25, 0.3) is 5.78 Å². The van der Waals surface area contributed by atoms with Crippen molar-refractivity contribution in [3.63, 3.8) is 0 Å². The van der Waals surface area contributed by atoms with Crippen LogP contribution in [0.2, 0.25) is 0 Å². The monoisotopic (exact) mass is 337 g/mol. The maximum Gasteiger partial charge on any atom is 0.252 e. The second-order valence-corrected chi connectivity index (χ2v) is 7.26. The second-order valence-electron chi connectivity index (χ2n) is 7.26. The number of carbonyl (C=O) groups is 1. The maximum absolute atomic E-state index is 13.0. The van der Waals surface area contributed by atoms with Crippen molar-refractivity contribution in [2.24, 2.45) is 5.41 Å². The molecule has 1 aromatic carbocycles. The van der Waals surface area contributed by atoms with E-state index < -0.39 is 5.41 Å². The van der Waals surface area contributed by atoms with Gasteiger partial charge in [-0.2, -0.15) is 4.98 Å². The summed E-state index contributed by atoms with van der Waals surface area (Å²) < 4.78 is 1.72. The summed E-state index contributed by atoms with van der Waals surface area (Å²) in [5.74, 6) is 1.16. The van der Waals surface area contributed by atoms with Crippen molar-refractivity contribution in [1.82, 2.24) is 19.6 Å². The molecule has 0 bridgehead atoms. The highest BCUT2D eigenvalue weighted by Gasteiger charge is 2.29. The first kappa shape index (κ1) is 17.1. The minimum atomic E-state index is -0.500. The summed E-state index contributed by atoms with van der Waals surface area (Å²) in [6.07, 6.45) is 0. The molecule has 0 aliphatic heterocycles. The van der Waals surface area contributed by atoms with Crippen LogP contribution in [0.4, 0.5) is 5.69 Å². The predicted molar refractivity (Wildman–Crippen MR) is 97.3 cm³/mol. The van der Waals surface area contributed by atoms with Gasteiger partial charge in [-0.05, 0) is 32.0 Å². The van der Waals surface area contributed by atoms with Crippen molar-refractivity contribution in [2.45, 2.75) is 41.2 Å². The number of rotatable bonds is 3. The van der Waals surface area contributed by atoms with Gasteiger partial charge in [0.2, 0.25) is 5.91 Å². The van der Waals surface area contributed by atoms with Gasteiger partial charge < -0.3 is 4.90 Å². The summed E-state index contributed by atoms with van der Waals surface area (Å²) in [6, 6.07) is 11.6. The third kappa shape index (κ3) is 3.52. The van der Waals surface area contributed by atoms with Crippen LogP contribution in [0.15, 0.2) is 36.4 Å². The standard InChI is InChI=1S/C19H23N5O/c1-13-11-14(2)24-18(20-13)21-16(22-24)12-23(17(25)19(3,4)5)15-9-7-6-8-10-15/h6-11H,12H2,1-5H3. The van der Waals surface area contributed by atoms with Gasteiger partial charge in [0.15, 0.2) is 5.82 Å². The fraction of sp³-hybridized carbons (Fsp3) is 0.368. The van der Waals surface area contributed by atoms with E-state index in [-0.39, 0.29) is 5.91 Å². The molecule has 0 saturated carbocycles. The Balaban J connectivity index is 2.01. The first-order valence-corrected chi connectivity index (χ1v) is 8.32. The Hall–Kier alpha value is -2.76. The van der Waals surface area contributed by atoms with Crippen LogP contribution in [-0.4, -0.2) is 25.5 Å². The zero-order valence-electron chi connectivity index (χ0n) is 15.3. The Morgan fingerprint density at radius 3 is 2.44 bits per heavy atom. The number of aryl methyl sites for hydroxylation is 2. The number of hydrogen-bond acceptors (Lipinski definition) is 4. The SMILES string of the molecule is Cc1cc(C)n2nc(CN(C(=O)C(C)(C)C)c3ccccc3)nc2n1. The van der Waals surface area contributed by atoms with Crippen LogP contribution in [-0.2, 0) is 11.3 Å². The smallest absolute Gasteiger partial charge is 0.252 e. The van der Waals surface area contributed by atoms with Crippen LogP contribution >= 0.6 is 0 Å². The van der Waals surface area contributed by atoms with Gasteiger partial charge in [0.05, 0.1) is 6.54 Å². The van der Waals surface area contributed by atoms with E-state index in [0.717, 1.165) is 17.1 Å². The zero-order chi connectivity index (χ0) is 18.2. The van der Waals surface area contributed by atoms with Crippen molar-refractivity contribution >= 4 is 17.4 Å². The van der Waals surface area contributed by atoms with Gasteiger partial charge in [0, 0.05) is 22.5 Å². The third-order valence-corrected chi connectivity index (χ3v) is 3.92. The predicted octanol–water partition coefficient (Wildman–Crippen LogP) is 3.32. The van der Waals surface area contributed by atoms with Gasteiger partial charge in [-0.25, -0.2) is 9.50 Å². The normalized spacial score (nSPS) is 11.7. The number of anilines is 1. The summed E-state index contributed by atoms with van der Waals surface area (Å²) in [5, 5.41) is 4.53. The molecule has 3 aromatic rings. The van der Waals surface area contributed by atoms with Crippen molar-refractivity contribution in [1.29, 1.82) is 0 Å². The number of carbonyl (C=O) groups excluding carboxylic acids is 1. The van der Waals surface area contributed by atoms with Gasteiger partial charge in [-0.3, -0.25) is 4.79 Å². The lowest BCUT2D eigenvalue weighted by Crippen LogP contribution is -2.39. The van der Waals surface area contributed by atoms with Crippen molar-refractivity contribution in [3.8, 4) is 0 Å². The molecule has 0 unspecified atom stereocenters. The Kier molecular flexibility index (Phi) is 4.29. The highest BCUT2D eigenvalue weighted by molar-refractivity contribution is 5.96. The second kappa shape index (κ2) is 6.27. The van der Waals surface area contributed by atoms with Gasteiger partial charge in [0.25, 0.3) is 5.78 Å². The van der Waals surface area contributed by atoms with Crippen LogP contribution in [0.3, 0.4) is 0 Å². The zero-order valence-corrected chi connectivity index (χ0v) is 15.3. The lowest BCUT2D eigenvalue weighted by molar-refractivity contribution is -0.125. The molecule has 6 heteroatoms. The largest absolute Gasteiger partial charge is 0.304 e. The molecule has 6 nitrogen and oxygen atoms in total. The van der Waals surface area contributed by atoms with Crippen LogP contribution < -0.4 is 4.90 Å². The molecule has 130 valence electrons. The van der Waals surface area contributed by atoms with Gasteiger partial charge in [-0.15, -0.1) is 5.10 Å². The molecule has 0 atom stereocenters. The van der Waals surface area contributed by atoms with E-state index >= 15 is 0 Å². The number of aromatic nitrogens is 4. The Morgan fingerprint density at radius 2 is 1.80 bits per heavy atom. The number of nitrogens with zero attached hydrogens (tertiary/aromatic N) is 5. The van der Waals surface area contributed by atoms with E-state index in [9.17, 15) is 4.79 Å². The first-order chi connectivity index (χ1) is 11.8. The maximum atomic E-state index is 13.0. The molecule has 25 heavy (non-hydrogen) atoms. The number of benzene rings is 1. The van der Waals surface area contributed by atoms with Gasteiger partial charge in [0.1, 0.15) is 0 Å². The van der Waals surface area contributed by atoms with Crippen LogP contribution in [0.5, 0.6) is 0 Å². The van der Waals surface area contributed by atoms with E-state index in [2.05, 4.69) is 15.1 Å². The lowest BCUT2D eigenvalue weighted by atomic mass is 9.94. The van der Waals surface area contributed by atoms with Crippen LogP contribution in [0.1, 0.15) is 38.0 Å². The van der Waals surface area contributed by atoms with Gasteiger partial charge in [-0.1, -0.05) is 39.0 Å². The molecule has 2 heterocycles. The number of hydrogen-bond donors (Lipinski definition) is 0. The van der Waals surface area contributed by atoms with Gasteiger partial charge >= 0.3 is 0 Å². The molecular formula is C19H23N5O. The number of para-hydroxylation sites is 1. The summed E-state index contributed by atoms with van der Waals surface area (Å²) in [4.78, 5) is 23.6. The molecule has 0 spiro atoms. The first-order valence-electron chi connectivity index (χ1n) is 8.32. The topological polar surface area (TPSA) is 63.4 Å². The lowest BCUT2D eigenvalue weighted by Gasteiger charge is -2.28. The van der Waals surface area contributed by atoms with E-state index in [1.807, 2.05) is 71.0 Å². The van der Waals surface area contributed by atoms with E-state index in [4.69, 9.17) is 0 Å². The summed E-state index contributed by atoms with van der Waals surface area (Å²) in [6.45, 7) is 9.95. The molecule has 0 saturated heterocycles. The quantitative estimate of drug-likeness (QED) is 0.735. The fourth-order valence-electron chi connectivity index (χ4n) is 2.71. The Labute approximate surface area is 147 Å². The van der Waals surface area contributed by atoms with Crippen molar-refractivity contribution in [3.05, 3.63) is 53.6 Å². The molecule has 0 N–H and O–H groups in total. The molecule has 1 amide bonds. The van der Waals surface area contributed by atoms with Crippen molar-refractivity contribution < 1.29 is 4.79 Å². The molecule has 0 fully saturated rings. The highest BCUT2D eigenvalue weighted by atomic mass is 16.2. The molecule has 2 aromatic heterocycles. The summed E-state index contributed by atoms with van der Waals surface area (Å²) >= 11 is 0. The highest BCUT2D eigenvalue weighted by Crippen LogP contribution is 2.24. The minimum Gasteiger partial charge on any atom is -0.304 e. The fourth-order valence-corrected chi connectivity index (χ4v) is 2.71. The number of amides is 1. The average molecular weight is 337 g/mol. The number of fused-ring (bicyclic) bond motifs is 1. The molecule has 0 aliphatic carbocycles. The third-order valence-electron chi connectivity index (χ3n) is 3.92. The Bertz CT molecular complexity index is 909. The average Bonchev–Trinajstić information content (AvgIpc) is 2.95. The molecule has 3 rings (SSSR count). The Morgan fingerprint density at radius 1 is 1.12 bits per heavy atom. The summed E-state index contributed by atoms with van der Waals surface area (Å²) in [7, 11) is 0. The molecule has 0 aliphatic rings. The van der Waals surface area contributed by atoms with E-state index in [1.165, 1.54) is 0 Å².